The van der Waals surface area contributed by atoms with Crippen LogP contribution in [0.2, 0.25) is 0 Å². The molecule has 20 heavy (non-hydrogen) atoms. The molecule has 0 amide bonds. The maximum absolute atomic E-state index is 9.75. The topological polar surface area (TPSA) is 149 Å². The number of hydrogen-bond acceptors (Lipinski definition) is 9. The Morgan fingerprint density at radius 1 is 1.00 bits per heavy atom. The van der Waals surface area contributed by atoms with E-state index >= 15 is 0 Å². The van der Waals surface area contributed by atoms with Crippen LogP contribution < -0.4 is 0 Å². The lowest BCUT2D eigenvalue weighted by Crippen LogP contribution is -2.57. The van der Waals surface area contributed by atoms with Gasteiger partial charge in [-0.1, -0.05) is 0 Å². The molecule has 2 saturated heterocycles. The summed E-state index contributed by atoms with van der Waals surface area (Å²) in [6.07, 6.45) is -9.73. The molecule has 2 rings (SSSR count). The van der Waals surface area contributed by atoms with Gasteiger partial charge < -0.3 is 44.8 Å². The first-order chi connectivity index (χ1) is 9.43. The van der Waals surface area contributed by atoms with E-state index in [-0.39, 0.29) is 13.0 Å². The number of rotatable bonds is 3. The maximum Gasteiger partial charge on any atom is 0.183 e. The van der Waals surface area contributed by atoms with Crippen molar-refractivity contribution in [2.45, 2.75) is 55.6 Å². The van der Waals surface area contributed by atoms with Gasteiger partial charge in [-0.05, 0) is 0 Å². The van der Waals surface area contributed by atoms with Crippen molar-refractivity contribution in [1.29, 1.82) is 0 Å². The molecule has 0 aromatic carbocycles. The second kappa shape index (κ2) is 6.60. The van der Waals surface area contributed by atoms with Crippen molar-refractivity contribution in [3.63, 3.8) is 0 Å². The van der Waals surface area contributed by atoms with Crippen LogP contribution in [0.5, 0.6) is 0 Å². The van der Waals surface area contributed by atoms with Gasteiger partial charge in [-0.25, -0.2) is 0 Å². The van der Waals surface area contributed by atoms with E-state index in [1.807, 2.05) is 0 Å². The van der Waals surface area contributed by atoms with Gasteiger partial charge in [0.25, 0.3) is 0 Å². The van der Waals surface area contributed by atoms with Crippen LogP contribution in [0.4, 0.5) is 0 Å². The number of ether oxygens (including phenoxy) is 3. The van der Waals surface area contributed by atoms with Gasteiger partial charge >= 0.3 is 0 Å². The van der Waals surface area contributed by atoms with Crippen LogP contribution in [-0.4, -0.2) is 93.1 Å². The quantitative estimate of drug-likeness (QED) is 0.309. The summed E-state index contributed by atoms with van der Waals surface area (Å²) in [6.45, 7) is -0.662. The molecule has 118 valence electrons. The minimum atomic E-state index is -1.51. The molecule has 0 radical (unpaired) electrons. The molecule has 8 atom stereocenters. The van der Waals surface area contributed by atoms with Crippen molar-refractivity contribution >= 4 is 0 Å². The number of hydrogen-bond donors (Lipinski definition) is 6. The Morgan fingerprint density at radius 3 is 2.35 bits per heavy atom. The average molecular weight is 296 g/mol. The average Bonchev–Trinajstić information content (AvgIpc) is 2.43. The minimum Gasteiger partial charge on any atom is -0.394 e. The van der Waals surface area contributed by atoms with Gasteiger partial charge in [-0.2, -0.15) is 0 Å². The lowest BCUT2D eigenvalue weighted by Gasteiger charge is -2.40. The Hall–Kier alpha value is -0.360. The molecule has 0 aliphatic carbocycles. The minimum absolute atomic E-state index is 0.0560. The first kappa shape index (κ1) is 16.0. The van der Waals surface area contributed by atoms with E-state index in [0.29, 0.717) is 0 Å². The summed E-state index contributed by atoms with van der Waals surface area (Å²) >= 11 is 0. The van der Waals surface area contributed by atoms with Crippen molar-refractivity contribution in [3.05, 3.63) is 0 Å². The van der Waals surface area contributed by atoms with E-state index in [0.717, 1.165) is 0 Å². The molecule has 1 unspecified atom stereocenters. The predicted molar refractivity (Wildman–Crippen MR) is 61.2 cm³/mol. The highest BCUT2D eigenvalue weighted by molar-refractivity contribution is 4.86. The summed E-state index contributed by atoms with van der Waals surface area (Å²) in [5, 5.41) is 56.6. The van der Waals surface area contributed by atoms with Crippen molar-refractivity contribution in [2.24, 2.45) is 0 Å². The first-order valence-corrected chi connectivity index (χ1v) is 6.37. The maximum atomic E-state index is 9.75. The van der Waals surface area contributed by atoms with Crippen LogP contribution >= 0.6 is 0 Å². The van der Waals surface area contributed by atoms with Crippen molar-refractivity contribution < 1.29 is 44.8 Å². The van der Waals surface area contributed by atoms with Gasteiger partial charge in [0.2, 0.25) is 0 Å². The fourth-order valence-electron chi connectivity index (χ4n) is 2.25. The number of aliphatic hydroxyl groups is 6. The molecule has 0 bridgehead atoms. The van der Waals surface area contributed by atoms with Crippen LogP contribution in [0.1, 0.15) is 6.42 Å². The van der Waals surface area contributed by atoms with Gasteiger partial charge in [0.15, 0.2) is 12.6 Å². The predicted octanol–water partition coefficient (Wildman–Crippen LogP) is -3.73. The molecular weight excluding hydrogens is 276 g/mol. The molecule has 0 aromatic heterocycles. The van der Waals surface area contributed by atoms with E-state index in [9.17, 15) is 25.5 Å². The third-order valence-electron chi connectivity index (χ3n) is 3.50. The van der Waals surface area contributed by atoms with E-state index in [4.69, 9.17) is 19.3 Å². The molecule has 9 heteroatoms. The van der Waals surface area contributed by atoms with E-state index in [2.05, 4.69) is 0 Å². The molecule has 0 spiro atoms. The Balaban J connectivity index is 1.93. The third kappa shape index (κ3) is 3.27. The van der Waals surface area contributed by atoms with Gasteiger partial charge in [0.05, 0.1) is 19.3 Å². The Kier molecular flexibility index (Phi) is 5.29. The molecule has 2 fully saturated rings. The van der Waals surface area contributed by atoms with Crippen LogP contribution in [0.3, 0.4) is 0 Å². The lowest BCUT2D eigenvalue weighted by atomic mass is 10.0. The zero-order valence-electron chi connectivity index (χ0n) is 10.6. The Bertz CT molecular complexity index is 314. The largest absolute Gasteiger partial charge is 0.394 e. The highest BCUT2D eigenvalue weighted by atomic mass is 16.7. The van der Waals surface area contributed by atoms with Crippen molar-refractivity contribution in [1.82, 2.24) is 0 Å². The molecule has 6 N–H and O–H groups in total. The first-order valence-electron chi connectivity index (χ1n) is 6.37. The highest BCUT2D eigenvalue weighted by Gasteiger charge is 2.42. The van der Waals surface area contributed by atoms with E-state index in [1.165, 1.54) is 0 Å². The Labute approximate surface area is 114 Å². The smallest absolute Gasteiger partial charge is 0.183 e. The van der Waals surface area contributed by atoms with Gasteiger partial charge in [0.1, 0.15) is 30.5 Å². The second-order valence-corrected chi connectivity index (χ2v) is 4.96. The number of aliphatic hydroxyl groups excluding tert-OH is 6. The van der Waals surface area contributed by atoms with Gasteiger partial charge in [0, 0.05) is 6.42 Å². The fraction of sp³-hybridized carbons (Fsp3) is 1.00. The molecule has 2 heterocycles. The summed E-state index contributed by atoms with van der Waals surface area (Å²) in [5.41, 5.74) is 0. The van der Waals surface area contributed by atoms with E-state index in [1.54, 1.807) is 0 Å². The summed E-state index contributed by atoms with van der Waals surface area (Å²) in [5.74, 6) is 0. The molecule has 2 aliphatic heterocycles. The second-order valence-electron chi connectivity index (χ2n) is 4.96. The summed E-state index contributed by atoms with van der Waals surface area (Å²) in [7, 11) is 0. The lowest BCUT2D eigenvalue weighted by molar-refractivity contribution is -0.315. The normalized spacial score (nSPS) is 50.1. The van der Waals surface area contributed by atoms with Crippen LogP contribution in [0.25, 0.3) is 0 Å². The molecule has 2 aliphatic rings. The van der Waals surface area contributed by atoms with E-state index < -0.39 is 55.8 Å². The standard InChI is InChI=1S/C11H20O9/c12-2-5-8(14)4(13)1-7(19-5)20-6-3-18-11(17)10(16)9(6)15/h4-17H,1-3H2/t4-,5-,6-,7+,8+,9+,10-,11?/m1/s1. The highest BCUT2D eigenvalue weighted by Crippen LogP contribution is 2.25. The van der Waals surface area contributed by atoms with Crippen LogP contribution in [0, 0.1) is 0 Å². The molecular formula is C11H20O9. The molecule has 9 nitrogen and oxygen atoms in total. The molecule has 0 aromatic rings. The van der Waals surface area contributed by atoms with Crippen molar-refractivity contribution in [3.8, 4) is 0 Å². The molecule has 0 saturated carbocycles. The van der Waals surface area contributed by atoms with Crippen LogP contribution in [0.15, 0.2) is 0 Å². The zero-order valence-corrected chi connectivity index (χ0v) is 10.6. The van der Waals surface area contributed by atoms with Gasteiger partial charge in [-0.15, -0.1) is 0 Å². The summed E-state index contributed by atoms with van der Waals surface area (Å²) in [6, 6.07) is 0. The summed E-state index contributed by atoms with van der Waals surface area (Å²) in [4.78, 5) is 0. The Morgan fingerprint density at radius 2 is 1.70 bits per heavy atom. The zero-order chi connectivity index (χ0) is 14.9. The van der Waals surface area contributed by atoms with Crippen molar-refractivity contribution in [2.75, 3.05) is 13.2 Å². The van der Waals surface area contributed by atoms with Gasteiger partial charge in [-0.3, -0.25) is 0 Å². The fourth-order valence-corrected chi connectivity index (χ4v) is 2.25. The third-order valence-corrected chi connectivity index (χ3v) is 3.50. The SMILES string of the molecule is OC[C@H]1O[C@@H](O[C@@H]2COC(O)[C@H](O)[C@H]2O)C[C@@H](O)[C@@H]1O. The monoisotopic (exact) mass is 296 g/mol. The van der Waals surface area contributed by atoms with Crippen LogP contribution in [-0.2, 0) is 14.2 Å². The summed E-state index contributed by atoms with van der Waals surface area (Å²) < 4.78 is 15.4.